The highest BCUT2D eigenvalue weighted by atomic mass is 16.7. The van der Waals surface area contributed by atoms with Gasteiger partial charge in [0.25, 0.3) is 0 Å². The lowest BCUT2D eigenvalue weighted by Gasteiger charge is -2.37. The molecule has 1 aromatic rings. The normalized spacial score (nSPS) is 24.0. The number of carbonyl (C=O) groups is 1. The molecule has 2 fully saturated rings. The summed E-state index contributed by atoms with van der Waals surface area (Å²) in [6, 6.07) is 6.45. The monoisotopic (exact) mass is 461 g/mol. The van der Waals surface area contributed by atoms with Gasteiger partial charge in [0.1, 0.15) is 0 Å². The van der Waals surface area contributed by atoms with Crippen LogP contribution in [0.3, 0.4) is 0 Å². The van der Waals surface area contributed by atoms with E-state index in [-0.39, 0.29) is 12.0 Å². The van der Waals surface area contributed by atoms with E-state index >= 15 is 0 Å². The quantitative estimate of drug-likeness (QED) is 0.574. The Balaban J connectivity index is 1.12. The van der Waals surface area contributed by atoms with Gasteiger partial charge in [-0.25, -0.2) is 0 Å². The Morgan fingerprint density at radius 1 is 1.12 bits per heavy atom. The van der Waals surface area contributed by atoms with Crippen LogP contribution in [0.25, 0.3) is 0 Å². The molecule has 2 aliphatic heterocycles. The fourth-order valence-electron chi connectivity index (χ4n) is 5.23. The van der Waals surface area contributed by atoms with Crippen molar-refractivity contribution >= 4 is 11.6 Å². The van der Waals surface area contributed by atoms with Gasteiger partial charge in [-0.3, -0.25) is 9.69 Å². The first kappa shape index (κ1) is 24.1. The number of nitrogens with one attached hydrogen (secondary N) is 1. The van der Waals surface area contributed by atoms with E-state index in [2.05, 4.69) is 21.2 Å². The maximum Gasteiger partial charge on any atom is 0.231 e. The van der Waals surface area contributed by atoms with Crippen LogP contribution in [0.4, 0.5) is 5.69 Å². The van der Waals surface area contributed by atoms with Crippen molar-refractivity contribution in [3.63, 3.8) is 0 Å². The molecule has 1 amide bonds. The fraction of sp³-hybridized carbons (Fsp3) is 0.720. The zero-order valence-electron chi connectivity index (χ0n) is 20.1. The van der Waals surface area contributed by atoms with Gasteiger partial charge in [0, 0.05) is 46.4 Å². The number of fused-ring (bicyclic) bond motifs is 1. The number of ether oxygens (including phenoxy) is 4. The standard InChI is InChI=1S/C25H39N3O5/c1-30-17-21(31-2)16-24(29)26-20-8-6-19(7-9-20)10-11-27-12-14-28(15-13-27)22-4-3-5-23-25(22)33-18-32-23/h3-5,19-21H,6-18H2,1-2H3,(H,26,29). The van der Waals surface area contributed by atoms with Crippen LogP contribution in [0.1, 0.15) is 38.5 Å². The van der Waals surface area contributed by atoms with Crippen molar-refractivity contribution in [3.8, 4) is 11.5 Å². The number of methoxy groups -OCH3 is 2. The molecule has 1 atom stereocenters. The fourth-order valence-corrected chi connectivity index (χ4v) is 5.23. The third kappa shape index (κ3) is 6.52. The maximum atomic E-state index is 12.3. The summed E-state index contributed by atoms with van der Waals surface area (Å²) in [6.45, 7) is 6.12. The molecule has 0 aromatic heterocycles. The first-order valence-electron chi connectivity index (χ1n) is 12.3. The number of nitrogens with zero attached hydrogens (tertiary/aromatic N) is 2. The van der Waals surface area contributed by atoms with E-state index in [1.165, 1.54) is 19.3 Å². The highest BCUT2D eigenvalue weighted by Crippen LogP contribution is 2.41. The zero-order valence-corrected chi connectivity index (χ0v) is 20.1. The molecule has 33 heavy (non-hydrogen) atoms. The van der Waals surface area contributed by atoms with Crippen LogP contribution in [0, 0.1) is 5.92 Å². The molecule has 1 saturated carbocycles. The Morgan fingerprint density at radius 2 is 1.91 bits per heavy atom. The van der Waals surface area contributed by atoms with Crippen molar-refractivity contribution < 1.29 is 23.7 Å². The van der Waals surface area contributed by atoms with Crippen molar-refractivity contribution in [2.24, 2.45) is 5.92 Å². The lowest BCUT2D eigenvalue weighted by Crippen LogP contribution is -2.47. The Morgan fingerprint density at radius 3 is 2.64 bits per heavy atom. The summed E-state index contributed by atoms with van der Waals surface area (Å²) in [6.07, 6.45) is 5.99. The van der Waals surface area contributed by atoms with Crippen LogP contribution in [0.15, 0.2) is 18.2 Å². The number of hydrogen-bond donors (Lipinski definition) is 1. The number of rotatable bonds is 10. The van der Waals surface area contributed by atoms with Crippen LogP contribution in [-0.2, 0) is 14.3 Å². The summed E-state index contributed by atoms with van der Waals surface area (Å²) in [5.41, 5.74) is 1.16. The molecule has 1 saturated heterocycles. The van der Waals surface area contributed by atoms with E-state index in [0.717, 1.165) is 68.7 Å². The van der Waals surface area contributed by atoms with Crippen LogP contribution < -0.4 is 19.7 Å². The number of para-hydroxylation sites is 1. The average Bonchev–Trinajstić information content (AvgIpc) is 3.33. The molecule has 0 bridgehead atoms. The number of piperazine rings is 1. The molecule has 8 nitrogen and oxygen atoms in total. The molecular formula is C25H39N3O5. The maximum absolute atomic E-state index is 12.3. The first-order valence-corrected chi connectivity index (χ1v) is 12.3. The Labute approximate surface area is 197 Å². The number of anilines is 1. The Hall–Kier alpha value is -2.03. The minimum absolute atomic E-state index is 0.0706. The third-order valence-electron chi connectivity index (χ3n) is 7.25. The van der Waals surface area contributed by atoms with Gasteiger partial charge in [-0.05, 0) is 56.7 Å². The summed E-state index contributed by atoms with van der Waals surface area (Å²) in [5.74, 6) is 2.59. The van der Waals surface area contributed by atoms with Crippen molar-refractivity contribution in [3.05, 3.63) is 18.2 Å². The lowest BCUT2D eigenvalue weighted by molar-refractivity contribution is -0.125. The summed E-state index contributed by atoms with van der Waals surface area (Å²) in [5, 5.41) is 3.20. The summed E-state index contributed by atoms with van der Waals surface area (Å²) < 4.78 is 21.6. The van der Waals surface area contributed by atoms with E-state index in [4.69, 9.17) is 18.9 Å². The largest absolute Gasteiger partial charge is 0.454 e. The van der Waals surface area contributed by atoms with Gasteiger partial charge >= 0.3 is 0 Å². The Bertz CT molecular complexity index is 760. The number of amides is 1. The molecule has 2 heterocycles. The van der Waals surface area contributed by atoms with E-state index in [1.807, 2.05) is 12.1 Å². The summed E-state index contributed by atoms with van der Waals surface area (Å²) >= 11 is 0. The van der Waals surface area contributed by atoms with Gasteiger partial charge < -0.3 is 29.2 Å². The topological polar surface area (TPSA) is 72.5 Å². The number of hydrogen-bond acceptors (Lipinski definition) is 7. The van der Waals surface area contributed by atoms with Crippen molar-refractivity contribution in [1.82, 2.24) is 10.2 Å². The average molecular weight is 462 g/mol. The molecule has 1 aliphatic carbocycles. The first-order chi connectivity index (χ1) is 16.2. The second-order valence-corrected chi connectivity index (χ2v) is 9.43. The molecule has 1 aromatic carbocycles. The highest BCUT2D eigenvalue weighted by molar-refractivity contribution is 5.76. The van der Waals surface area contributed by atoms with Gasteiger partial charge in [0.15, 0.2) is 11.5 Å². The molecule has 0 radical (unpaired) electrons. The zero-order chi connectivity index (χ0) is 23.0. The molecule has 1 N–H and O–H groups in total. The predicted octanol–water partition coefficient (Wildman–Crippen LogP) is 2.65. The van der Waals surface area contributed by atoms with E-state index in [0.29, 0.717) is 25.9 Å². The lowest BCUT2D eigenvalue weighted by atomic mass is 9.84. The van der Waals surface area contributed by atoms with E-state index in [9.17, 15) is 4.79 Å². The van der Waals surface area contributed by atoms with Crippen molar-refractivity contribution in [2.75, 3.05) is 65.2 Å². The molecule has 8 heteroatoms. The molecule has 0 spiro atoms. The van der Waals surface area contributed by atoms with Gasteiger partial charge in [-0.15, -0.1) is 0 Å². The van der Waals surface area contributed by atoms with Crippen LogP contribution in [0.2, 0.25) is 0 Å². The second kappa shape index (κ2) is 11.9. The predicted molar refractivity (Wildman–Crippen MR) is 127 cm³/mol. The van der Waals surface area contributed by atoms with E-state index < -0.39 is 0 Å². The van der Waals surface area contributed by atoms with Gasteiger partial charge in [-0.2, -0.15) is 0 Å². The van der Waals surface area contributed by atoms with E-state index in [1.54, 1.807) is 14.2 Å². The summed E-state index contributed by atoms with van der Waals surface area (Å²) in [7, 11) is 3.25. The van der Waals surface area contributed by atoms with Crippen LogP contribution in [0.5, 0.6) is 11.5 Å². The van der Waals surface area contributed by atoms with Crippen LogP contribution in [-0.4, -0.2) is 83.3 Å². The van der Waals surface area contributed by atoms with Gasteiger partial charge in [0.05, 0.1) is 24.8 Å². The van der Waals surface area contributed by atoms with Crippen molar-refractivity contribution in [1.29, 1.82) is 0 Å². The minimum Gasteiger partial charge on any atom is -0.454 e. The van der Waals surface area contributed by atoms with Crippen LogP contribution >= 0.6 is 0 Å². The molecule has 3 aliphatic rings. The third-order valence-corrected chi connectivity index (χ3v) is 7.25. The smallest absolute Gasteiger partial charge is 0.231 e. The molecular weight excluding hydrogens is 422 g/mol. The SMILES string of the molecule is COCC(CC(=O)NC1CCC(CCN2CCN(c3cccc4c3OCO4)CC2)CC1)OC. The molecule has 184 valence electrons. The molecule has 1 unspecified atom stereocenters. The number of benzene rings is 1. The summed E-state index contributed by atoms with van der Waals surface area (Å²) in [4.78, 5) is 17.3. The van der Waals surface area contributed by atoms with Gasteiger partial charge in [0.2, 0.25) is 12.7 Å². The number of carbonyl (C=O) groups excluding carboxylic acids is 1. The molecule has 4 rings (SSSR count). The van der Waals surface area contributed by atoms with Crippen molar-refractivity contribution in [2.45, 2.75) is 50.7 Å². The Kier molecular flexibility index (Phi) is 8.69. The minimum atomic E-state index is -0.171. The van der Waals surface area contributed by atoms with Gasteiger partial charge in [-0.1, -0.05) is 6.07 Å². The highest BCUT2D eigenvalue weighted by Gasteiger charge is 2.26. The second-order valence-electron chi connectivity index (χ2n) is 9.43.